The monoisotopic (exact) mass is 470 g/mol. The van der Waals surface area contributed by atoms with E-state index in [1.54, 1.807) is 12.4 Å². The highest BCUT2D eigenvalue weighted by molar-refractivity contribution is 7.99. The van der Waals surface area contributed by atoms with Crippen LogP contribution in [0, 0.1) is 0 Å². The van der Waals surface area contributed by atoms with Gasteiger partial charge < -0.3 is 9.47 Å². The van der Waals surface area contributed by atoms with Crippen LogP contribution < -0.4 is 0 Å². The Morgan fingerprint density at radius 1 is 1.03 bits per heavy atom. The fourth-order valence-electron chi connectivity index (χ4n) is 3.76. The van der Waals surface area contributed by atoms with E-state index >= 15 is 0 Å². The summed E-state index contributed by atoms with van der Waals surface area (Å²) >= 11 is 7.44. The zero-order valence-corrected chi connectivity index (χ0v) is 19.7. The molecule has 0 bridgehead atoms. The molecule has 1 aliphatic heterocycles. The minimum atomic E-state index is 0.151. The largest absolute Gasteiger partial charge is 0.339 e. The number of pyridine rings is 1. The molecule has 0 atom stereocenters. The minimum absolute atomic E-state index is 0.151. The second kappa shape index (κ2) is 10.9. The SMILES string of the molecule is CCCn1c(SCC(=O)N2CCN(Cc3ccc(Cl)cc3)CC2)nnc1-c1ccncc1. The molecule has 1 saturated heterocycles. The highest BCUT2D eigenvalue weighted by Gasteiger charge is 2.22. The number of rotatable bonds is 8. The van der Waals surface area contributed by atoms with Gasteiger partial charge in [0.1, 0.15) is 0 Å². The molecule has 0 saturated carbocycles. The number of carbonyl (C=O) groups is 1. The summed E-state index contributed by atoms with van der Waals surface area (Å²) in [5.74, 6) is 1.34. The summed E-state index contributed by atoms with van der Waals surface area (Å²) in [4.78, 5) is 21.2. The number of amides is 1. The van der Waals surface area contributed by atoms with Crippen molar-refractivity contribution in [1.82, 2.24) is 29.5 Å². The lowest BCUT2D eigenvalue weighted by Crippen LogP contribution is -2.48. The number of nitrogens with zero attached hydrogens (tertiary/aromatic N) is 6. The lowest BCUT2D eigenvalue weighted by Gasteiger charge is -2.34. The van der Waals surface area contributed by atoms with Crippen LogP contribution in [0.5, 0.6) is 0 Å². The molecule has 0 radical (unpaired) electrons. The van der Waals surface area contributed by atoms with E-state index in [0.717, 1.165) is 67.3 Å². The fourth-order valence-corrected chi connectivity index (χ4v) is 4.75. The van der Waals surface area contributed by atoms with Crippen LogP contribution in [0.4, 0.5) is 0 Å². The lowest BCUT2D eigenvalue weighted by molar-refractivity contribution is -0.130. The molecule has 0 aliphatic carbocycles. The van der Waals surface area contributed by atoms with Gasteiger partial charge in [0.05, 0.1) is 5.75 Å². The zero-order valence-electron chi connectivity index (χ0n) is 18.2. The van der Waals surface area contributed by atoms with Gasteiger partial charge in [0.25, 0.3) is 0 Å². The number of halogens is 1. The molecule has 7 nitrogen and oxygen atoms in total. The Morgan fingerprint density at radius 3 is 2.44 bits per heavy atom. The van der Waals surface area contributed by atoms with Gasteiger partial charge in [-0.25, -0.2) is 0 Å². The van der Waals surface area contributed by atoms with Crippen LogP contribution in [0.15, 0.2) is 53.9 Å². The standard InChI is InChI=1S/C23H27ClN6OS/c1-2-11-30-22(19-7-9-25-10-8-19)26-27-23(30)32-17-21(31)29-14-12-28(13-15-29)16-18-3-5-20(24)6-4-18/h3-10H,2,11-17H2,1H3. The second-order valence-corrected chi connectivity index (χ2v) is 9.14. The van der Waals surface area contributed by atoms with Crippen LogP contribution in [-0.2, 0) is 17.9 Å². The quantitative estimate of drug-likeness (QED) is 0.466. The minimum Gasteiger partial charge on any atom is -0.339 e. The normalized spacial score (nSPS) is 14.6. The molecule has 32 heavy (non-hydrogen) atoms. The van der Waals surface area contributed by atoms with Crippen LogP contribution in [0.1, 0.15) is 18.9 Å². The number of thioether (sulfide) groups is 1. The summed E-state index contributed by atoms with van der Waals surface area (Å²) in [5.41, 5.74) is 2.22. The second-order valence-electron chi connectivity index (χ2n) is 7.77. The number of benzene rings is 1. The fraction of sp³-hybridized carbons (Fsp3) is 0.391. The van der Waals surface area contributed by atoms with Crippen molar-refractivity contribution in [3.63, 3.8) is 0 Å². The molecule has 168 valence electrons. The smallest absolute Gasteiger partial charge is 0.233 e. The van der Waals surface area contributed by atoms with Gasteiger partial charge in [0.15, 0.2) is 11.0 Å². The molecule has 0 N–H and O–H groups in total. The molecule has 0 spiro atoms. The summed E-state index contributed by atoms with van der Waals surface area (Å²) in [5, 5.41) is 10.3. The average molecular weight is 471 g/mol. The Balaban J connectivity index is 1.30. The molecule has 1 fully saturated rings. The third-order valence-electron chi connectivity index (χ3n) is 5.47. The maximum atomic E-state index is 12.8. The first-order valence-electron chi connectivity index (χ1n) is 10.8. The Labute approximate surface area is 197 Å². The Morgan fingerprint density at radius 2 is 1.75 bits per heavy atom. The van der Waals surface area contributed by atoms with E-state index in [1.165, 1.54) is 17.3 Å². The Hall–Kier alpha value is -2.42. The first-order chi connectivity index (χ1) is 15.6. The number of carbonyl (C=O) groups excluding carboxylic acids is 1. The number of aromatic nitrogens is 4. The van der Waals surface area contributed by atoms with Crippen LogP contribution in [0.3, 0.4) is 0 Å². The maximum Gasteiger partial charge on any atom is 0.233 e. The molecule has 4 rings (SSSR count). The van der Waals surface area contributed by atoms with Crippen LogP contribution in [-0.4, -0.2) is 67.4 Å². The van der Waals surface area contributed by atoms with Gasteiger partial charge in [-0.2, -0.15) is 0 Å². The molecule has 1 amide bonds. The number of hydrogen-bond donors (Lipinski definition) is 0. The van der Waals surface area contributed by atoms with E-state index in [9.17, 15) is 4.79 Å². The summed E-state index contributed by atoms with van der Waals surface area (Å²) in [6.07, 6.45) is 4.47. The molecule has 1 aromatic carbocycles. The highest BCUT2D eigenvalue weighted by Crippen LogP contribution is 2.24. The van der Waals surface area contributed by atoms with Gasteiger partial charge in [-0.1, -0.05) is 42.4 Å². The van der Waals surface area contributed by atoms with Gasteiger partial charge in [0.2, 0.25) is 5.91 Å². The highest BCUT2D eigenvalue weighted by atomic mass is 35.5. The Kier molecular flexibility index (Phi) is 7.78. The van der Waals surface area contributed by atoms with E-state index in [0.29, 0.717) is 5.75 Å². The van der Waals surface area contributed by atoms with Gasteiger partial charge in [-0.3, -0.25) is 14.7 Å². The van der Waals surface area contributed by atoms with E-state index in [4.69, 9.17) is 11.6 Å². The molecule has 3 aromatic rings. The number of hydrogen-bond acceptors (Lipinski definition) is 6. The molecule has 3 heterocycles. The topological polar surface area (TPSA) is 67.2 Å². The molecular weight excluding hydrogens is 444 g/mol. The third kappa shape index (κ3) is 5.68. The first-order valence-corrected chi connectivity index (χ1v) is 12.2. The average Bonchev–Trinajstić information content (AvgIpc) is 3.23. The molecule has 9 heteroatoms. The lowest BCUT2D eigenvalue weighted by atomic mass is 10.2. The van der Waals surface area contributed by atoms with E-state index in [1.807, 2.05) is 29.2 Å². The van der Waals surface area contributed by atoms with Crippen LogP contribution in [0.25, 0.3) is 11.4 Å². The summed E-state index contributed by atoms with van der Waals surface area (Å²) < 4.78 is 2.09. The molecule has 0 unspecified atom stereocenters. The van der Waals surface area contributed by atoms with Crippen molar-refractivity contribution in [2.45, 2.75) is 31.6 Å². The van der Waals surface area contributed by atoms with Gasteiger partial charge >= 0.3 is 0 Å². The van der Waals surface area contributed by atoms with Crippen molar-refractivity contribution in [3.8, 4) is 11.4 Å². The predicted octanol–water partition coefficient (Wildman–Crippen LogP) is 3.84. The summed E-state index contributed by atoms with van der Waals surface area (Å²) in [7, 11) is 0. The van der Waals surface area contributed by atoms with Crippen molar-refractivity contribution in [1.29, 1.82) is 0 Å². The van der Waals surface area contributed by atoms with Gasteiger partial charge in [-0.15, -0.1) is 10.2 Å². The predicted molar refractivity (Wildman–Crippen MR) is 128 cm³/mol. The maximum absolute atomic E-state index is 12.8. The van der Waals surface area contributed by atoms with Crippen molar-refractivity contribution in [2.75, 3.05) is 31.9 Å². The van der Waals surface area contributed by atoms with Crippen molar-refractivity contribution in [3.05, 3.63) is 59.4 Å². The number of piperazine rings is 1. The zero-order chi connectivity index (χ0) is 22.3. The van der Waals surface area contributed by atoms with Crippen molar-refractivity contribution in [2.24, 2.45) is 0 Å². The Bertz CT molecular complexity index is 1020. The van der Waals surface area contributed by atoms with Gasteiger partial charge in [-0.05, 0) is 36.2 Å². The molecule has 1 aliphatic rings. The summed E-state index contributed by atoms with van der Waals surface area (Å²) in [6, 6.07) is 11.8. The van der Waals surface area contributed by atoms with E-state index in [2.05, 4.69) is 43.7 Å². The first kappa shape index (κ1) is 22.8. The van der Waals surface area contributed by atoms with Crippen LogP contribution in [0.2, 0.25) is 5.02 Å². The molecule has 2 aromatic heterocycles. The van der Waals surface area contributed by atoms with Crippen LogP contribution >= 0.6 is 23.4 Å². The van der Waals surface area contributed by atoms with E-state index in [-0.39, 0.29) is 5.91 Å². The molecular formula is C23H27ClN6OS. The third-order valence-corrected chi connectivity index (χ3v) is 6.68. The van der Waals surface area contributed by atoms with Gasteiger partial charge in [0, 0.05) is 62.2 Å². The summed E-state index contributed by atoms with van der Waals surface area (Å²) in [6.45, 7) is 7.05. The van der Waals surface area contributed by atoms with E-state index < -0.39 is 0 Å². The van der Waals surface area contributed by atoms with Crippen molar-refractivity contribution >= 4 is 29.3 Å². The van der Waals surface area contributed by atoms with Crippen molar-refractivity contribution < 1.29 is 4.79 Å².